The molecule has 0 heterocycles. The van der Waals surface area contributed by atoms with Crippen molar-refractivity contribution in [1.29, 1.82) is 0 Å². The van der Waals surface area contributed by atoms with Crippen molar-refractivity contribution in [2.24, 2.45) is 0 Å². The van der Waals surface area contributed by atoms with E-state index in [1.807, 2.05) is 6.07 Å². The third-order valence-electron chi connectivity index (χ3n) is 3.35. The first-order valence-electron chi connectivity index (χ1n) is 8.49. The van der Waals surface area contributed by atoms with Crippen LogP contribution >= 0.6 is 0 Å². The van der Waals surface area contributed by atoms with Gasteiger partial charge in [0.1, 0.15) is 0 Å². The number of imide groups is 1. The topological polar surface area (TPSA) is 87.7 Å². The molecule has 4 amide bonds. The van der Waals surface area contributed by atoms with Gasteiger partial charge in [0.25, 0.3) is 0 Å². The van der Waals surface area contributed by atoms with Gasteiger partial charge in [0.05, 0.1) is 0 Å². The van der Waals surface area contributed by atoms with Crippen LogP contribution in [0.1, 0.15) is 31.1 Å². The molecule has 2 aromatic rings. The average molecular weight is 496 g/mol. The van der Waals surface area contributed by atoms with Crippen LogP contribution in [0, 0.1) is 3.57 Å². The molecular formula is C20H23IN3O4-. The fourth-order valence-electron chi connectivity index (χ4n) is 2.17. The van der Waals surface area contributed by atoms with Crippen LogP contribution in [0.4, 0.5) is 15.3 Å². The van der Waals surface area contributed by atoms with Crippen LogP contribution in [0.2, 0.25) is 0 Å². The van der Waals surface area contributed by atoms with Crippen molar-refractivity contribution in [1.82, 2.24) is 10.7 Å². The molecular weight excluding hydrogens is 473 g/mol. The number of nitrogens with one attached hydrogen (secondary N) is 2. The summed E-state index contributed by atoms with van der Waals surface area (Å²) < 4.78 is 6.31. The van der Waals surface area contributed by atoms with E-state index in [0.29, 0.717) is 11.3 Å². The number of carbonyl (C=O) groups is 3. The van der Waals surface area contributed by atoms with Crippen molar-refractivity contribution < 1.29 is 40.3 Å². The molecule has 7 nitrogen and oxygen atoms in total. The molecule has 0 aliphatic heterocycles. The van der Waals surface area contributed by atoms with Crippen LogP contribution in [0.15, 0.2) is 54.6 Å². The number of benzene rings is 2. The molecule has 0 unspecified atom stereocenters. The summed E-state index contributed by atoms with van der Waals surface area (Å²) in [7, 11) is 0. The van der Waals surface area contributed by atoms with E-state index in [1.165, 1.54) is 0 Å². The minimum atomic E-state index is -0.800. The van der Waals surface area contributed by atoms with E-state index in [4.69, 9.17) is 4.74 Å². The second kappa shape index (κ2) is 9.54. The number of halogens is 1. The number of anilines is 1. The molecule has 0 saturated heterocycles. The van der Waals surface area contributed by atoms with Gasteiger partial charge >= 0.3 is 175 Å². The number of nitrogens with zero attached hydrogens (tertiary/aromatic N) is 1. The van der Waals surface area contributed by atoms with Gasteiger partial charge in [-0.25, -0.2) is 0 Å². The molecule has 0 spiro atoms. The molecule has 0 atom stereocenters. The van der Waals surface area contributed by atoms with Crippen LogP contribution in [0.5, 0.6) is 0 Å². The summed E-state index contributed by atoms with van der Waals surface area (Å²) in [4.78, 5) is 39.4. The van der Waals surface area contributed by atoms with Gasteiger partial charge in [-0.05, 0) is 0 Å². The van der Waals surface area contributed by atoms with Crippen molar-refractivity contribution in [3.8, 4) is 0 Å². The first kappa shape index (κ1) is 21.7. The number of hydrazine groups is 1. The molecule has 28 heavy (non-hydrogen) atoms. The molecule has 2 rings (SSSR count). The van der Waals surface area contributed by atoms with E-state index in [2.05, 4.69) is 15.7 Å². The van der Waals surface area contributed by atoms with Gasteiger partial charge in [0.2, 0.25) is 0 Å². The molecule has 8 heteroatoms. The summed E-state index contributed by atoms with van der Waals surface area (Å²) in [6, 6.07) is 14.8. The van der Waals surface area contributed by atoms with Gasteiger partial charge < -0.3 is 0 Å². The third-order valence-corrected chi connectivity index (χ3v) is 5.26. The summed E-state index contributed by atoms with van der Waals surface area (Å²) in [5, 5.41) is 3.27. The summed E-state index contributed by atoms with van der Waals surface area (Å²) in [5.41, 5.74) is 2.45. The van der Waals surface area contributed by atoms with E-state index in [-0.39, 0.29) is 21.2 Å². The summed E-state index contributed by atoms with van der Waals surface area (Å²) in [6.45, 7) is 5.16. The molecule has 0 aliphatic rings. The zero-order valence-corrected chi connectivity index (χ0v) is 18.3. The van der Waals surface area contributed by atoms with E-state index >= 15 is 0 Å². The number of carbonyl (C=O) groups excluding carboxylic acids is 3. The zero-order chi connectivity index (χ0) is 20.7. The van der Waals surface area contributed by atoms with Crippen LogP contribution in [0.3, 0.4) is 0 Å². The van der Waals surface area contributed by atoms with Crippen molar-refractivity contribution in [2.45, 2.75) is 26.4 Å². The Labute approximate surface area is 174 Å². The van der Waals surface area contributed by atoms with Crippen molar-refractivity contribution in [3.05, 3.63) is 63.7 Å². The number of amides is 4. The number of hydrogen-bond donors (Lipinski definition) is 2. The predicted octanol–water partition coefficient (Wildman–Crippen LogP) is 0.371. The Bertz CT molecular complexity index is 850. The summed E-state index contributed by atoms with van der Waals surface area (Å²) >= 11 is -0.220. The van der Waals surface area contributed by atoms with E-state index in [1.54, 1.807) is 69.3 Å². The van der Waals surface area contributed by atoms with Gasteiger partial charge in [0, 0.05) is 0 Å². The van der Waals surface area contributed by atoms with Crippen LogP contribution in [0.25, 0.3) is 0 Å². The Morgan fingerprint density at radius 1 is 1.00 bits per heavy atom. The van der Waals surface area contributed by atoms with Crippen molar-refractivity contribution in [3.63, 3.8) is 0 Å². The van der Waals surface area contributed by atoms with Crippen LogP contribution in [-0.4, -0.2) is 28.6 Å². The van der Waals surface area contributed by atoms with Gasteiger partial charge in [-0.3, -0.25) is 0 Å². The normalized spacial score (nSPS) is 10.9. The zero-order valence-electron chi connectivity index (χ0n) is 16.2. The summed E-state index contributed by atoms with van der Waals surface area (Å²) in [6.07, 6.45) is -0.800. The molecule has 150 valence electrons. The predicted molar refractivity (Wildman–Crippen MR) is 102 cm³/mol. The first-order valence-corrected chi connectivity index (χ1v) is 11.7. The van der Waals surface area contributed by atoms with Gasteiger partial charge in [-0.15, -0.1) is 0 Å². The Morgan fingerprint density at radius 2 is 1.68 bits per heavy atom. The first-order chi connectivity index (χ1) is 13.2. The van der Waals surface area contributed by atoms with Crippen LogP contribution in [-0.2, 0) is 4.74 Å². The van der Waals surface area contributed by atoms with Crippen molar-refractivity contribution in [2.75, 3.05) is 9.94 Å². The van der Waals surface area contributed by atoms with Gasteiger partial charge in [-0.2, -0.15) is 0 Å². The molecule has 0 saturated carbocycles. The molecule has 0 aromatic heterocycles. The fourth-order valence-corrected chi connectivity index (χ4v) is 3.37. The molecule has 0 aliphatic carbocycles. The van der Waals surface area contributed by atoms with E-state index in [9.17, 15) is 14.4 Å². The third kappa shape index (κ3) is 6.52. The fraction of sp³-hybridized carbons (Fsp3) is 0.250. The Kier molecular flexibility index (Phi) is 7.38. The second-order valence-electron chi connectivity index (χ2n) is 6.74. The maximum absolute atomic E-state index is 12.8. The Morgan fingerprint density at radius 3 is 2.29 bits per heavy atom. The molecule has 2 N–H and O–H groups in total. The van der Waals surface area contributed by atoms with Crippen molar-refractivity contribution >= 4 is 23.7 Å². The maximum atomic E-state index is 12.8. The van der Waals surface area contributed by atoms with Crippen LogP contribution < -0.4 is 37.0 Å². The quantitative estimate of drug-likeness (QED) is 0.366. The number of urea groups is 1. The van der Waals surface area contributed by atoms with E-state index < -0.39 is 23.6 Å². The average Bonchev–Trinajstić information content (AvgIpc) is 2.65. The molecule has 2 aromatic carbocycles. The SMILES string of the molecule is C[I-]c1cccc(N(NC(=O)OC(C)(C)C)C(=O)NC(=O)c2ccccc2)c1. The second-order valence-corrected chi connectivity index (χ2v) is 9.07. The number of alkyl halides is 1. The number of rotatable bonds is 3. The van der Waals surface area contributed by atoms with E-state index in [0.717, 1.165) is 8.58 Å². The van der Waals surface area contributed by atoms with Gasteiger partial charge in [0.15, 0.2) is 0 Å². The molecule has 0 radical (unpaired) electrons. The minimum absolute atomic E-state index is 0.220. The standard InChI is InChI=1S/C20H23IN3O4/c1-20(2,3)28-19(27)23-24(16-12-8-11-15(13-16)21-4)18(26)22-17(25)14-9-6-5-7-10-14/h5-13H,1-4H3,(H,23,27)(H,22,25,26)/q-1. The van der Waals surface area contributed by atoms with Gasteiger partial charge in [-0.1, -0.05) is 0 Å². The Hall–Kier alpha value is -2.62. The monoisotopic (exact) mass is 496 g/mol. The number of hydrogen-bond acceptors (Lipinski definition) is 4. The molecule has 0 bridgehead atoms. The Balaban J connectivity index is 2.24. The summed E-state index contributed by atoms with van der Waals surface area (Å²) in [5.74, 6) is -0.569. The number of ether oxygens (including phenoxy) is 1. The molecule has 0 fully saturated rings.